The number of tetrazole rings is 1. The van der Waals surface area contributed by atoms with Crippen molar-refractivity contribution in [3.05, 3.63) is 24.3 Å². The predicted octanol–water partition coefficient (Wildman–Crippen LogP) is 0.937. The summed E-state index contributed by atoms with van der Waals surface area (Å²) in [6, 6.07) is 7.27. The Balaban J connectivity index is 1.76. The van der Waals surface area contributed by atoms with Crippen LogP contribution in [0, 0.1) is 0 Å². The lowest BCUT2D eigenvalue weighted by molar-refractivity contribution is -0.138. The Kier molecular flexibility index (Phi) is 5.38. The molecule has 1 aromatic heterocycles. The zero-order valence-electron chi connectivity index (χ0n) is 11.3. The van der Waals surface area contributed by atoms with E-state index >= 15 is 0 Å². The average Bonchev–Trinajstić information content (AvgIpc) is 2.91. The summed E-state index contributed by atoms with van der Waals surface area (Å²) in [6.45, 7) is 0.200. The maximum Gasteiger partial charge on any atom is 0.325 e. The lowest BCUT2D eigenvalue weighted by Gasteiger charge is -2.06. The Morgan fingerprint density at radius 1 is 1.33 bits per heavy atom. The normalized spacial score (nSPS) is 10.3. The van der Waals surface area contributed by atoms with Gasteiger partial charge in [0.1, 0.15) is 18.0 Å². The number of carboxylic acids is 1. The number of carboxylic acid groups (broad SMARTS) is 1. The molecular formula is C12H14N4O4S. The molecule has 0 aliphatic heterocycles. The molecular weight excluding hydrogens is 296 g/mol. The van der Waals surface area contributed by atoms with Gasteiger partial charge in [-0.25, -0.2) is 4.68 Å². The highest BCUT2D eigenvalue weighted by molar-refractivity contribution is 7.99. The van der Waals surface area contributed by atoms with Crippen LogP contribution in [0.5, 0.6) is 11.5 Å². The molecule has 21 heavy (non-hydrogen) atoms. The van der Waals surface area contributed by atoms with Gasteiger partial charge in [0.25, 0.3) is 0 Å². The van der Waals surface area contributed by atoms with Gasteiger partial charge in [0.05, 0.1) is 13.7 Å². The number of nitrogens with zero attached hydrogens (tertiary/aromatic N) is 4. The van der Waals surface area contributed by atoms with Gasteiger partial charge in [0.2, 0.25) is 5.16 Å². The molecule has 0 amide bonds. The number of aliphatic carboxylic acids is 1. The summed E-state index contributed by atoms with van der Waals surface area (Å²) in [4.78, 5) is 10.6. The molecule has 1 aromatic carbocycles. The zero-order chi connectivity index (χ0) is 15.1. The second kappa shape index (κ2) is 7.48. The summed E-state index contributed by atoms with van der Waals surface area (Å²) in [5.74, 6) is 1.12. The molecule has 0 bridgehead atoms. The second-order valence-corrected chi connectivity index (χ2v) is 4.95. The highest BCUT2D eigenvalue weighted by Crippen LogP contribution is 2.18. The molecule has 2 rings (SSSR count). The van der Waals surface area contributed by atoms with Gasteiger partial charge >= 0.3 is 5.97 Å². The minimum atomic E-state index is -0.987. The predicted molar refractivity (Wildman–Crippen MR) is 74.7 cm³/mol. The summed E-state index contributed by atoms with van der Waals surface area (Å²) in [5.41, 5.74) is 0. The fourth-order valence-corrected chi connectivity index (χ4v) is 2.19. The Morgan fingerprint density at radius 3 is 2.71 bits per heavy atom. The monoisotopic (exact) mass is 310 g/mol. The van der Waals surface area contributed by atoms with Crippen LogP contribution in [0.25, 0.3) is 0 Å². The van der Waals surface area contributed by atoms with Gasteiger partial charge in [0, 0.05) is 5.75 Å². The Hall–Kier alpha value is -2.29. The fourth-order valence-electron chi connectivity index (χ4n) is 1.49. The standard InChI is InChI=1S/C12H14N4O4S/c1-19-9-2-4-10(5-3-9)20-6-7-21-12-13-14-15-16(12)8-11(17)18/h2-5H,6-8H2,1H3,(H,17,18). The first-order chi connectivity index (χ1) is 10.2. The smallest absolute Gasteiger partial charge is 0.325 e. The van der Waals surface area contributed by atoms with Gasteiger partial charge in [-0.1, -0.05) is 11.8 Å². The molecule has 0 atom stereocenters. The number of carbonyl (C=O) groups is 1. The summed E-state index contributed by atoms with van der Waals surface area (Å²) < 4.78 is 11.8. The number of thioether (sulfide) groups is 1. The number of aromatic nitrogens is 4. The van der Waals surface area contributed by atoms with E-state index in [2.05, 4.69) is 15.5 Å². The molecule has 0 aliphatic carbocycles. The van der Waals surface area contributed by atoms with Crippen molar-refractivity contribution in [3.63, 3.8) is 0 Å². The molecule has 1 heterocycles. The van der Waals surface area contributed by atoms with Crippen molar-refractivity contribution in [1.82, 2.24) is 20.2 Å². The number of benzene rings is 1. The molecule has 112 valence electrons. The summed E-state index contributed by atoms with van der Waals surface area (Å²) in [5, 5.41) is 20.0. The summed E-state index contributed by atoms with van der Waals surface area (Å²) in [6.07, 6.45) is 0. The molecule has 0 unspecified atom stereocenters. The first-order valence-corrected chi connectivity index (χ1v) is 7.05. The highest BCUT2D eigenvalue weighted by Gasteiger charge is 2.09. The van der Waals surface area contributed by atoms with Crippen molar-refractivity contribution in [3.8, 4) is 11.5 Å². The van der Waals surface area contributed by atoms with Crippen molar-refractivity contribution in [1.29, 1.82) is 0 Å². The SMILES string of the molecule is COc1ccc(OCCSc2nnnn2CC(=O)O)cc1. The van der Waals surface area contributed by atoms with E-state index in [-0.39, 0.29) is 6.54 Å². The van der Waals surface area contributed by atoms with Gasteiger partial charge in [-0.2, -0.15) is 0 Å². The highest BCUT2D eigenvalue weighted by atomic mass is 32.2. The lowest BCUT2D eigenvalue weighted by Crippen LogP contribution is -2.12. The number of hydrogen-bond acceptors (Lipinski definition) is 7. The van der Waals surface area contributed by atoms with Crippen molar-refractivity contribution in [2.24, 2.45) is 0 Å². The molecule has 0 spiro atoms. The van der Waals surface area contributed by atoms with Crippen LogP contribution in [0.4, 0.5) is 0 Å². The molecule has 1 N–H and O–H groups in total. The number of methoxy groups -OCH3 is 1. The van der Waals surface area contributed by atoms with Crippen LogP contribution in [-0.4, -0.2) is 50.8 Å². The Labute approximate surface area is 125 Å². The largest absolute Gasteiger partial charge is 0.497 e. The second-order valence-electron chi connectivity index (χ2n) is 3.89. The van der Waals surface area contributed by atoms with Crippen molar-refractivity contribution >= 4 is 17.7 Å². The van der Waals surface area contributed by atoms with Crippen LogP contribution >= 0.6 is 11.8 Å². The van der Waals surface area contributed by atoms with E-state index in [0.717, 1.165) is 11.5 Å². The third-order valence-corrected chi connectivity index (χ3v) is 3.35. The van der Waals surface area contributed by atoms with Gasteiger partial charge in [0.15, 0.2) is 0 Å². The van der Waals surface area contributed by atoms with E-state index in [1.54, 1.807) is 7.11 Å². The van der Waals surface area contributed by atoms with Gasteiger partial charge in [-0.3, -0.25) is 4.79 Å². The minimum Gasteiger partial charge on any atom is -0.497 e. The molecule has 9 heteroatoms. The zero-order valence-corrected chi connectivity index (χ0v) is 12.1. The first kappa shape index (κ1) is 15.1. The first-order valence-electron chi connectivity index (χ1n) is 6.06. The van der Waals surface area contributed by atoms with Gasteiger partial charge < -0.3 is 14.6 Å². The maximum atomic E-state index is 10.6. The van der Waals surface area contributed by atoms with Crippen LogP contribution in [0.2, 0.25) is 0 Å². The van der Waals surface area contributed by atoms with Gasteiger partial charge in [-0.15, -0.1) is 5.10 Å². The van der Waals surface area contributed by atoms with Crippen LogP contribution in [0.1, 0.15) is 0 Å². The van der Waals surface area contributed by atoms with E-state index in [9.17, 15) is 4.79 Å². The molecule has 8 nitrogen and oxygen atoms in total. The molecule has 0 fully saturated rings. The molecule has 2 aromatic rings. The number of hydrogen-bond donors (Lipinski definition) is 1. The van der Waals surface area contributed by atoms with E-state index < -0.39 is 5.97 Å². The van der Waals surface area contributed by atoms with E-state index in [1.165, 1.54) is 16.4 Å². The third-order valence-electron chi connectivity index (χ3n) is 2.43. The lowest BCUT2D eigenvalue weighted by atomic mass is 10.3. The van der Waals surface area contributed by atoms with Gasteiger partial charge in [-0.05, 0) is 34.7 Å². The number of rotatable bonds is 8. The Morgan fingerprint density at radius 2 is 2.05 bits per heavy atom. The van der Waals surface area contributed by atoms with Crippen molar-refractivity contribution < 1.29 is 19.4 Å². The number of ether oxygens (including phenoxy) is 2. The third kappa shape index (κ3) is 4.63. The van der Waals surface area contributed by atoms with E-state index in [0.29, 0.717) is 17.5 Å². The van der Waals surface area contributed by atoms with E-state index in [1.807, 2.05) is 24.3 Å². The quantitative estimate of drug-likeness (QED) is 0.568. The van der Waals surface area contributed by atoms with Crippen molar-refractivity contribution in [2.45, 2.75) is 11.7 Å². The molecule has 0 saturated heterocycles. The molecule has 0 radical (unpaired) electrons. The summed E-state index contributed by atoms with van der Waals surface area (Å²) in [7, 11) is 1.60. The van der Waals surface area contributed by atoms with E-state index in [4.69, 9.17) is 14.6 Å². The minimum absolute atomic E-state index is 0.255. The fraction of sp³-hybridized carbons (Fsp3) is 0.333. The van der Waals surface area contributed by atoms with Crippen LogP contribution in [-0.2, 0) is 11.3 Å². The molecule has 0 aliphatic rings. The maximum absolute atomic E-state index is 10.6. The summed E-state index contributed by atoms with van der Waals surface area (Å²) >= 11 is 1.34. The molecule has 0 saturated carbocycles. The topological polar surface area (TPSA) is 99.4 Å². The van der Waals surface area contributed by atoms with Crippen LogP contribution in [0.15, 0.2) is 29.4 Å². The van der Waals surface area contributed by atoms with Crippen molar-refractivity contribution in [2.75, 3.05) is 19.5 Å². The van der Waals surface area contributed by atoms with Crippen LogP contribution in [0.3, 0.4) is 0 Å². The van der Waals surface area contributed by atoms with Crippen LogP contribution < -0.4 is 9.47 Å². The average molecular weight is 310 g/mol. The Bertz CT molecular complexity index is 587.